The lowest BCUT2D eigenvalue weighted by Gasteiger charge is -2.29. The standard InChI is InChI=1S/C9H9BF2O2S/c1-6-5-8(14-10(11,12)13-6)9-4-3-7(2)15-9/h3-4,6H,1-2H3. The minimum atomic E-state index is -4.20. The maximum absolute atomic E-state index is 13.0. The van der Waals surface area contributed by atoms with Gasteiger partial charge in [-0.3, -0.25) is 0 Å². The van der Waals surface area contributed by atoms with Crippen LogP contribution in [0.1, 0.15) is 16.7 Å². The van der Waals surface area contributed by atoms with Crippen LogP contribution in [0.4, 0.5) is 8.63 Å². The lowest BCUT2D eigenvalue weighted by molar-refractivity contribution is 0.0908. The molecule has 80 valence electrons. The van der Waals surface area contributed by atoms with Gasteiger partial charge in [-0.15, -0.1) is 0 Å². The second kappa shape index (κ2) is 3.56. The molecule has 0 bridgehead atoms. The lowest BCUT2D eigenvalue weighted by Crippen LogP contribution is -2.38. The van der Waals surface area contributed by atoms with Crippen LogP contribution in [0.2, 0.25) is 0 Å². The average Bonchev–Trinajstić information content (AvgIpc) is 2.48. The van der Waals surface area contributed by atoms with Gasteiger partial charge in [0.1, 0.15) is 6.08 Å². The third-order valence-corrected chi connectivity index (χ3v) is 2.92. The summed E-state index contributed by atoms with van der Waals surface area (Å²) >= 11 is 1.39. The maximum atomic E-state index is 13.0. The molecule has 6 heteroatoms. The molecule has 0 fully saturated rings. The zero-order valence-corrected chi connectivity index (χ0v) is 9.11. The molecule has 2 rings (SSSR count). The van der Waals surface area contributed by atoms with Crippen molar-refractivity contribution in [3.8, 4) is 0 Å². The van der Waals surface area contributed by atoms with Crippen molar-refractivity contribution < 1.29 is 17.9 Å². The third-order valence-electron chi connectivity index (χ3n) is 1.92. The van der Waals surface area contributed by atoms with E-state index in [4.69, 9.17) is 0 Å². The summed E-state index contributed by atoms with van der Waals surface area (Å²) < 4.78 is 34.7. The molecule has 1 aliphatic rings. The fourth-order valence-electron chi connectivity index (χ4n) is 1.34. The van der Waals surface area contributed by atoms with Crippen LogP contribution in [0.5, 0.6) is 0 Å². The summed E-state index contributed by atoms with van der Waals surface area (Å²) in [6.45, 7) is 3.42. The first-order valence-corrected chi connectivity index (χ1v) is 5.35. The fraction of sp³-hybridized carbons (Fsp3) is 0.333. The lowest BCUT2D eigenvalue weighted by atomic mass is 10.1. The normalized spacial score (nSPS) is 24.0. The molecule has 1 aliphatic heterocycles. The summed E-state index contributed by atoms with van der Waals surface area (Å²) in [5, 5.41) is 0. The minimum Gasteiger partial charge on any atom is -0.600 e. The van der Waals surface area contributed by atoms with E-state index in [-0.39, 0.29) is 5.76 Å². The van der Waals surface area contributed by atoms with Crippen LogP contribution in [0.25, 0.3) is 5.76 Å². The van der Waals surface area contributed by atoms with Crippen LogP contribution >= 0.6 is 11.3 Å². The highest BCUT2D eigenvalue weighted by Crippen LogP contribution is 2.32. The van der Waals surface area contributed by atoms with Crippen molar-refractivity contribution in [2.75, 3.05) is 0 Å². The van der Waals surface area contributed by atoms with Crippen molar-refractivity contribution in [2.24, 2.45) is 0 Å². The molecule has 0 spiro atoms. The third kappa shape index (κ3) is 2.34. The Balaban J connectivity index is 2.29. The molecule has 0 saturated heterocycles. The second-order valence-corrected chi connectivity index (χ2v) is 4.60. The molecular weight excluding hydrogens is 221 g/mol. The number of halogens is 2. The number of hydrogen-bond acceptors (Lipinski definition) is 3. The van der Waals surface area contributed by atoms with E-state index >= 15 is 0 Å². The van der Waals surface area contributed by atoms with E-state index in [1.165, 1.54) is 18.3 Å². The monoisotopic (exact) mass is 230 g/mol. The summed E-state index contributed by atoms with van der Waals surface area (Å²) in [6.07, 6.45) is 1.98. The van der Waals surface area contributed by atoms with Gasteiger partial charge in [0.05, 0.1) is 0 Å². The van der Waals surface area contributed by atoms with Crippen LogP contribution in [0.3, 0.4) is 0 Å². The van der Waals surface area contributed by atoms with Gasteiger partial charge >= 0.3 is 12.9 Å². The molecular formula is C9H9BF2O2S. The Hall–Kier alpha value is -0.965. The number of thiophene rings is 1. The number of aryl methyl sites for hydroxylation is 1. The second-order valence-electron chi connectivity index (χ2n) is 3.31. The predicted molar refractivity (Wildman–Crippen MR) is 55.3 cm³/mol. The topological polar surface area (TPSA) is 18.5 Å². The van der Waals surface area contributed by atoms with Crippen molar-refractivity contribution in [2.45, 2.75) is 20.0 Å². The summed E-state index contributed by atoms with van der Waals surface area (Å²) in [5.74, 6) is 0.0943. The molecule has 1 atom stereocenters. The van der Waals surface area contributed by atoms with E-state index in [9.17, 15) is 8.63 Å². The van der Waals surface area contributed by atoms with Crippen molar-refractivity contribution in [1.29, 1.82) is 0 Å². The molecule has 2 nitrogen and oxygen atoms in total. The van der Waals surface area contributed by atoms with Crippen LogP contribution in [0.15, 0.2) is 12.1 Å². The highest BCUT2D eigenvalue weighted by molar-refractivity contribution is 7.13. The molecule has 2 heterocycles. The van der Waals surface area contributed by atoms with Gasteiger partial charge in [0.15, 0.2) is 6.10 Å². The zero-order valence-electron chi connectivity index (χ0n) is 8.29. The first-order chi connectivity index (χ1) is 6.96. The largest absolute Gasteiger partial charge is 0.668 e. The van der Waals surface area contributed by atoms with Crippen LogP contribution in [-0.2, 0) is 9.31 Å². The van der Waals surface area contributed by atoms with Gasteiger partial charge < -0.3 is 17.9 Å². The van der Waals surface area contributed by atoms with Crippen molar-refractivity contribution in [3.05, 3.63) is 28.0 Å². The highest BCUT2D eigenvalue weighted by Gasteiger charge is 2.42. The van der Waals surface area contributed by atoms with Gasteiger partial charge in [0.2, 0.25) is 4.88 Å². The molecule has 15 heavy (non-hydrogen) atoms. The molecule has 0 amide bonds. The summed E-state index contributed by atoms with van der Waals surface area (Å²) in [7, 11) is -4.20. The van der Waals surface area contributed by atoms with E-state index in [0.29, 0.717) is 4.88 Å². The molecule has 1 aromatic rings. The molecule has 0 saturated carbocycles. The van der Waals surface area contributed by atoms with Crippen LogP contribution in [0, 0.1) is 13.0 Å². The summed E-state index contributed by atoms with van der Waals surface area (Å²) in [5.41, 5.74) is 0. The van der Waals surface area contributed by atoms with Gasteiger partial charge in [0.25, 0.3) is 0 Å². The van der Waals surface area contributed by atoms with Crippen LogP contribution < -0.4 is 0 Å². The van der Waals surface area contributed by atoms with Gasteiger partial charge in [-0.25, -0.2) is 0 Å². The van der Waals surface area contributed by atoms with Crippen molar-refractivity contribution in [1.82, 2.24) is 0 Å². The SMILES string of the molecule is Cc1ccc(C2=[C+]C(C)O[B-](F)(F)O2)s1. The molecule has 0 radical (unpaired) electrons. The zero-order chi connectivity index (χ0) is 11.1. The Morgan fingerprint density at radius 3 is 2.73 bits per heavy atom. The first kappa shape index (κ1) is 10.5. The van der Waals surface area contributed by atoms with Gasteiger partial charge in [0, 0.05) is 10.9 Å². The molecule has 0 aliphatic carbocycles. The fourth-order valence-corrected chi connectivity index (χ4v) is 2.16. The smallest absolute Gasteiger partial charge is 0.600 e. The minimum absolute atomic E-state index is 0.0943. The van der Waals surface area contributed by atoms with E-state index in [1.54, 1.807) is 6.07 Å². The molecule has 0 aromatic carbocycles. The number of hydrogen-bond donors (Lipinski definition) is 0. The Morgan fingerprint density at radius 2 is 2.20 bits per heavy atom. The van der Waals surface area contributed by atoms with Gasteiger partial charge in [-0.1, -0.05) is 0 Å². The van der Waals surface area contributed by atoms with E-state index in [0.717, 1.165) is 4.88 Å². The molecule has 1 unspecified atom stereocenters. The van der Waals surface area contributed by atoms with Crippen LogP contribution in [-0.4, -0.2) is 13.2 Å². The number of rotatable bonds is 1. The van der Waals surface area contributed by atoms with Crippen molar-refractivity contribution >= 4 is 24.2 Å². The van der Waals surface area contributed by atoms with E-state index in [2.05, 4.69) is 15.4 Å². The predicted octanol–water partition coefficient (Wildman–Crippen LogP) is 3.01. The van der Waals surface area contributed by atoms with E-state index < -0.39 is 13.2 Å². The Bertz CT molecular complexity index is 403. The van der Waals surface area contributed by atoms with Gasteiger partial charge in [-0.2, -0.15) is 0 Å². The summed E-state index contributed by atoms with van der Waals surface area (Å²) in [6, 6.07) is 3.59. The quantitative estimate of drug-likeness (QED) is 0.545. The molecule has 0 N–H and O–H groups in total. The van der Waals surface area contributed by atoms with Crippen molar-refractivity contribution in [3.63, 3.8) is 0 Å². The Labute approximate surface area is 90.6 Å². The molecule has 1 aromatic heterocycles. The average molecular weight is 230 g/mol. The maximum Gasteiger partial charge on any atom is 0.668 e. The van der Waals surface area contributed by atoms with Gasteiger partial charge in [-0.05, 0) is 31.3 Å². The Kier molecular flexibility index (Phi) is 2.50. The first-order valence-electron chi connectivity index (χ1n) is 4.53. The Morgan fingerprint density at radius 1 is 1.47 bits per heavy atom. The summed E-state index contributed by atoms with van der Waals surface area (Å²) in [4.78, 5) is 1.70. The van der Waals surface area contributed by atoms with E-state index in [1.807, 2.05) is 13.0 Å². The highest BCUT2D eigenvalue weighted by atomic mass is 32.1.